The predicted octanol–water partition coefficient (Wildman–Crippen LogP) is 1.91. The van der Waals surface area contributed by atoms with Crippen molar-refractivity contribution in [2.75, 3.05) is 26.7 Å². The van der Waals surface area contributed by atoms with E-state index in [1.54, 1.807) is 0 Å². The molecule has 2 saturated heterocycles. The van der Waals surface area contributed by atoms with Crippen LogP contribution in [0.1, 0.15) is 46.5 Å². The molecule has 3 unspecified atom stereocenters. The molecule has 1 N–H and O–H groups in total. The molecule has 4 heteroatoms. The average molecular weight is 281 g/mol. The molecule has 2 heterocycles. The summed E-state index contributed by atoms with van der Waals surface area (Å²) in [4.78, 5) is 17.1. The van der Waals surface area contributed by atoms with Crippen LogP contribution in [0.15, 0.2) is 0 Å². The van der Waals surface area contributed by atoms with Crippen molar-refractivity contribution < 1.29 is 4.79 Å². The number of carbonyl (C=O) groups excluding carboxylic acids is 1. The number of rotatable bonds is 5. The van der Waals surface area contributed by atoms with E-state index in [0.29, 0.717) is 17.7 Å². The first kappa shape index (κ1) is 15.8. The summed E-state index contributed by atoms with van der Waals surface area (Å²) in [5, 5.41) is 3.54. The molecule has 0 saturated carbocycles. The summed E-state index contributed by atoms with van der Waals surface area (Å²) < 4.78 is 0. The van der Waals surface area contributed by atoms with Crippen molar-refractivity contribution in [3.05, 3.63) is 0 Å². The minimum Gasteiger partial charge on any atom is -0.325 e. The van der Waals surface area contributed by atoms with Crippen LogP contribution in [0.5, 0.6) is 0 Å². The van der Waals surface area contributed by atoms with Gasteiger partial charge in [-0.1, -0.05) is 20.8 Å². The molecule has 1 amide bonds. The molecule has 0 aromatic carbocycles. The molecule has 4 nitrogen and oxygen atoms in total. The SMILES string of the molecule is CCC1NC(CC(C)C)N(CC2CCCN(C)C2)C1=O. The summed E-state index contributed by atoms with van der Waals surface area (Å²) in [6, 6.07) is 0.0417. The van der Waals surface area contributed by atoms with Gasteiger partial charge in [-0.3, -0.25) is 10.1 Å². The molecular formula is C16H31N3O. The second-order valence-electron chi connectivity index (χ2n) is 7.03. The molecule has 116 valence electrons. The quantitative estimate of drug-likeness (QED) is 0.836. The maximum absolute atomic E-state index is 12.5. The fraction of sp³-hybridized carbons (Fsp3) is 0.938. The number of nitrogens with one attached hydrogen (secondary N) is 1. The molecule has 2 aliphatic heterocycles. The van der Waals surface area contributed by atoms with E-state index in [-0.39, 0.29) is 12.2 Å². The lowest BCUT2D eigenvalue weighted by atomic mass is 9.97. The second-order valence-corrected chi connectivity index (χ2v) is 7.03. The van der Waals surface area contributed by atoms with Gasteiger partial charge in [0, 0.05) is 13.1 Å². The Bertz CT molecular complexity index is 332. The number of piperidine rings is 1. The minimum absolute atomic E-state index is 0.0417. The van der Waals surface area contributed by atoms with Gasteiger partial charge in [0.1, 0.15) is 0 Å². The van der Waals surface area contributed by atoms with Gasteiger partial charge < -0.3 is 9.80 Å². The van der Waals surface area contributed by atoms with Gasteiger partial charge in [0.15, 0.2) is 0 Å². The number of nitrogens with zero attached hydrogens (tertiary/aromatic N) is 2. The predicted molar refractivity (Wildman–Crippen MR) is 82.4 cm³/mol. The zero-order valence-corrected chi connectivity index (χ0v) is 13.6. The van der Waals surface area contributed by atoms with Crippen LogP contribution in [0, 0.1) is 11.8 Å². The number of hydrogen-bond acceptors (Lipinski definition) is 3. The first-order chi connectivity index (χ1) is 9.51. The van der Waals surface area contributed by atoms with Crippen molar-refractivity contribution >= 4 is 5.91 Å². The molecule has 0 radical (unpaired) electrons. The van der Waals surface area contributed by atoms with Crippen LogP contribution in [0.25, 0.3) is 0 Å². The Morgan fingerprint density at radius 1 is 1.40 bits per heavy atom. The third kappa shape index (κ3) is 3.73. The molecule has 2 rings (SSSR count). The summed E-state index contributed by atoms with van der Waals surface area (Å²) in [7, 11) is 2.19. The summed E-state index contributed by atoms with van der Waals surface area (Å²) in [6.07, 6.45) is 4.74. The molecule has 0 aliphatic carbocycles. The van der Waals surface area contributed by atoms with Crippen LogP contribution < -0.4 is 5.32 Å². The largest absolute Gasteiger partial charge is 0.325 e. The highest BCUT2D eigenvalue weighted by Gasteiger charge is 2.39. The molecule has 2 fully saturated rings. The van der Waals surface area contributed by atoms with Crippen LogP contribution in [-0.2, 0) is 4.79 Å². The zero-order chi connectivity index (χ0) is 14.7. The van der Waals surface area contributed by atoms with Gasteiger partial charge in [0.2, 0.25) is 5.91 Å². The molecule has 20 heavy (non-hydrogen) atoms. The van der Waals surface area contributed by atoms with E-state index in [1.165, 1.54) is 19.4 Å². The Balaban J connectivity index is 1.99. The van der Waals surface area contributed by atoms with Gasteiger partial charge in [0.25, 0.3) is 0 Å². The van der Waals surface area contributed by atoms with E-state index in [0.717, 1.165) is 25.9 Å². The fourth-order valence-electron chi connectivity index (χ4n) is 3.60. The Labute approximate surface area is 123 Å². The fourth-order valence-corrected chi connectivity index (χ4v) is 3.60. The van der Waals surface area contributed by atoms with Crippen LogP contribution in [0.2, 0.25) is 0 Å². The topological polar surface area (TPSA) is 35.6 Å². The average Bonchev–Trinajstić information content (AvgIpc) is 2.66. The van der Waals surface area contributed by atoms with Gasteiger partial charge in [-0.25, -0.2) is 0 Å². The van der Waals surface area contributed by atoms with Crippen molar-refractivity contribution in [2.45, 2.75) is 58.7 Å². The first-order valence-electron chi connectivity index (χ1n) is 8.26. The Morgan fingerprint density at radius 2 is 2.15 bits per heavy atom. The van der Waals surface area contributed by atoms with Crippen molar-refractivity contribution in [2.24, 2.45) is 11.8 Å². The van der Waals surface area contributed by atoms with Crippen molar-refractivity contribution in [1.29, 1.82) is 0 Å². The van der Waals surface area contributed by atoms with Crippen LogP contribution in [0.4, 0.5) is 0 Å². The molecular weight excluding hydrogens is 250 g/mol. The Hall–Kier alpha value is -0.610. The van der Waals surface area contributed by atoms with E-state index in [9.17, 15) is 4.79 Å². The monoisotopic (exact) mass is 281 g/mol. The van der Waals surface area contributed by atoms with Crippen LogP contribution >= 0.6 is 0 Å². The maximum atomic E-state index is 12.5. The number of likely N-dealkylation sites (tertiary alicyclic amines) is 1. The van der Waals surface area contributed by atoms with E-state index in [4.69, 9.17) is 0 Å². The van der Waals surface area contributed by atoms with Crippen LogP contribution in [-0.4, -0.2) is 54.6 Å². The summed E-state index contributed by atoms with van der Waals surface area (Å²) in [6.45, 7) is 9.84. The zero-order valence-electron chi connectivity index (χ0n) is 13.6. The van der Waals surface area contributed by atoms with Gasteiger partial charge in [0.05, 0.1) is 12.2 Å². The third-order valence-electron chi connectivity index (χ3n) is 4.63. The third-order valence-corrected chi connectivity index (χ3v) is 4.63. The molecule has 0 aromatic rings. The van der Waals surface area contributed by atoms with E-state index in [1.807, 2.05) is 0 Å². The Morgan fingerprint density at radius 3 is 2.75 bits per heavy atom. The molecule has 0 aromatic heterocycles. The standard InChI is InChI=1S/C16H31N3O/c1-5-14-16(20)19(15(17-14)9-12(2)3)11-13-7-6-8-18(4)10-13/h12-15,17H,5-11H2,1-4H3. The lowest BCUT2D eigenvalue weighted by Crippen LogP contribution is -2.44. The van der Waals surface area contributed by atoms with Crippen molar-refractivity contribution in [3.8, 4) is 0 Å². The summed E-state index contributed by atoms with van der Waals surface area (Å²) in [5.41, 5.74) is 0. The van der Waals surface area contributed by atoms with E-state index < -0.39 is 0 Å². The smallest absolute Gasteiger partial charge is 0.241 e. The molecule has 0 bridgehead atoms. The number of carbonyl (C=O) groups is 1. The number of hydrogen-bond donors (Lipinski definition) is 1. The normalized spacial score (nSPS) is 32.4. The van der Waals surface area contributed by atoms with Gasteiger partial charge in [-0.15, -0.1) is 0 Å². The minimum atomic E-state index is 0.0417. The first-order valence-corrected chi connectivity index (χ1v) is 8.26. The van der Waals surface area contributed by atoms with Crippen molar-refractivity contribution in [3.63, 3.8) is 0 Å². The van der Waals surface area contributed by atoms with Crippen molar-refractivity contribution in [1.82, 2.24) is 15.1 Å². The maximum Gasteiger partial charge on any atom is 0.241 e. The highest BCUT2D eigenvalue weighted by Crippen LogP contribution is 2.23. The van der Waals surface area contributed by atoms with E-state index in [2.05, 4.69) is 42.9 Å². The second kappa shape index (κ2) is 6.90. The highest BCUT2D eigenvalue weighted by atomic mass is 16.2. The lowest BCUT2D eigenvalue weighted by Gasteiger charge is -2.34. The summed E-state index contributed by atoms with van der Waals surface area (Å²) >= 11 is 0. The van der Waals surface area contributed by atoms with E-state index >= 15 is 0 Å². The van der Waals surface area contributed by atoms with Gasteiger partial charge in [-0.05, 0) is 51.1 Å². The van der Waals surface area contributed by atoms with Gasteiger partial charge in [-0.2, -0.15) is 0 Å². The van der Waals surface area contributed by atoms with Crippen LogP contribution in [0.3, 0.4) is 0 Å². The Kier molecular flexibility index (Phi) is 5.44. The molecule has 3 atom stereocenters. The summed E-state index contributed by atoms with van der Waals surface area (Å²) in [5.74, 6) is 1.59. The molecule has 2 aliphatic rings. The lowest BCUT2D eigenvalue weighted by molar-refractivity contribution is -0.131. The molecule has 0 spiro atoms. The highest BCUT2D eigenvalue weighted by molar-refractivity contribution is 5.84. The van der Waals surface area contributed by atoms with Gasteiger partial charge >= 0.3 is 0 Å². The number of amides is 1.